The van der Waals surface area contributed by atoms with Crippen molar-refractivity contribution in [2.24, 2.45) is 11.7 Å². The van der Waals surface area contributed by atoms with E-state index in [4.69, 9.17) is 10.5 Å². The van der Waals surface area contributed by atoms with Crippen LogP contribution in [-0.2, 0) is 9.53 Å². The molecular weight excluding hydrogens is 216 g/mol. The molecule has 0 bridgehead atoms. The lowest BCUT2D eigenvalue weighted by Gasteiger charge is -2.16. The minimum Gasteiger partial charge on any atom is -0.379 e. The van der Waals surface area contributed by atoms with Crippen LogP contribution in [0.1, 0.15) is 45.4 Å². The normalized spacial score (nSPS) is 21.4. The van der Waals surface area contributed by atoms with Crippen LogP contribution in [0.2, 0.25) is 0 Å². The molecule has 0 spiro atoms. The average molecular weight is 242 g/mol. The van der Waals surface area contributed by atoms with E-state index in [2.05, 4.69) is 12.2 Å². The van der Waals surface area contributed by atoms with E-state index in [0.717, 1.165) is 32.4 Å². The van der Waals surface area contributed by atoms with E-state index >= 15 is 0 Å². The molecule has 3 N–H and O–H groups in total. The van der Waals surface area contributed by atoms with Crippen molar-refractivity contribution in [3.63, 3.8) is 0 Å². The molecule has 1 rings (SSSR count). The molecule has 1 amide bonds. The van der Waals surface area contributed by atoms with Crippen LogP contribution < -0.4 is 11.1 Å². The van der Waals surface area contributed by atoms with E-state index in [9.17, 15) is 4.79 Å². The van der Waals surface area contributed by atoms with Crippen molar-refractivity contribution in [2.45, 2.75) is 51.5 Å². The SMILES string of the molecule is CCCC(CCN)CCC(=O)NC1CCOC1. The van der Waals surface area contributed by atoms with Crippen molar-refractivity contribution in [3.8, 4) is 0 Å². The Bertz CT molecular complexity index is 209. The first-order chi connectivity index (χ1) is 8.26. The second-order valence-corrected chi connectivity index (χ2v) is 4.90. The molecule has 4 nitrogen and oxygen atoms in total. The number of rotatable bonds is 8. The predicted molar refractivity (Wildman–Crippen MR) is 68.7 cm³/mol. The molecule has 0 aliphatic carbocycles. The van der Waals surface area contributed by atoms with Gasteiger partial charge in [-0.15, -0.1) is 0 Å². The summed E-state index contributed by atoms with van der Waals surface area (Å²) in [6.07, 6.45) is 5.92. The Labute approximate surface area is 104 Å². The van der Waals surface area contributed by atoms with Gasteiger partial charge in [-0.2, -0.15) is 0 Å². The average Bonchev–Trinajstić information content (AvgIpc) is 2.79. The molecule has 100 valence electrons. The van der Waals surface area contributed by atoms with Crippen molar-refractivity contribution in [1.82, 2.24) is 5.32 Å². The molecule has 0 aromatic rings. The Morgan fingerprint density at radius 1 is 1.47 bits per heavy atom. The standard InChI is InChI=1S/C13H26N2O2/c1-2-3-11(6-8-14)4-5-13(16)15-12-7-9-17-10-12/h11-12H,2-10,14H2,1H3,(H,15,16). The molecule has 1 aliphatic rings. The van der Waals surface area contributed by atoms with Gasteiger partial charge in [-0.05, 0) is 31.7 Å². The minimum absolute atomic E-state index is 0.165. The van der Waals surface area contributed by atoms with E-state index in [1.165, 1.54) is 12.8 Å². The highest BCUT2D eigenvalue weighted by Gasteiger charge is 2.18. The van der Waals surface area contributed by atoms with Gasteiger partial charge in [0.2, 0.25) is 5.91 Å². The van der Waals surface area contributed by atoms with E-state index in [1.54, 1.807) is 0 Å². The van der Waals surface area contributed by atoms with E-state index < -0.39 is 0 Å². The number of carbonyl (C=O) groups is 1. The fraction of sp³-hybridized carbons (Fsp3) is 0.923. The summed E-state index contributed by atoms with van der Waals surface area (Å²) in [5.41, 5.74) is 5.58. The van der Waals surface area contributed by atoms with Gasteiger partial charge in [0.15, 0.2) is 0 Å². The summed E-state index contributed by atoms with van der Waals surface area (Å²) >= 11 is 0. The van der Waals surface area contributed by atoms with Crippen LogP contribution in [0, 0.1) is 5.92 Å². The third-order valence-electron chi connectivity index (χ3n) is 3.35. The molecular formula is C13H26N2O2. The molecule has 2 unspecified atom stereocenters. The van der Waals surface area contributed by atoms with Gasteiger partial charge in [0, 0.05) is 13.0 Å². The molecule has 0 saturated carbocycles. The van der Waals surface area contributed by atoms with E-state index in [0.29, 0.717) is 18.9 Å². The van der Waals surface area contributed by atoms with Crippen molar-refractivity contribution in [1.29, 1.82) is 0 Å². The van der Waals surface area contributed by atoms with Crippen LogP contribution >= 0.6 is 0 Å². The fourth-order valence-electron chi connectivity index (χ4n) is 2.36. The Morgan fingerprint density at radius 3 is 2.88 bits per heavy atom. The number of ether oxygens (including phenoxy) is 1. The highest BCUT2D eigenvalue weighted by atomic mass is 16.5. The van der Waals surface area contributed by atoms with Gasteiger partial charge >= 0.3 is 0 Å². The molecule has 1 fully saturated rings. The van der Waals surface area contributed by atoms with Crippen molar-refractivity contribution < 1.29 is 9.53 Å². The molecule has 1 heterocycles. The first-order valence-electron chi connectivity index (χ1n) is 6.83. The molecule has 0 aromatic carbocycles. The summed E-state index contributed by atoms with van der Waals surface area (Å²) < 4.78 is 5.23. The topological polar surface area (TPSA) is 64.4 Å². The monoisotopic (exact) mass is 242 g/mol. The zero-order valence-electron chi connectivity index (χ0n) is 10.9. The summed E-state index contributed by atoms with van der Waals surface area (Å²) in [6, 6.07) is 0.238. The van der Waals surface area contributed by atoms with Gasteiger partial charge < -0.3 is 15.8 Å². The third-order valence-corrected chi connectivity index (χ3v) is 3.35. The summed E-state index contributed by atoms with van der Waals surface area (Å²) in [4.78, 5) is 11.7. The van der Waals surface area contributed by atoms with Crippen molar-refractivity contribution >= 4 is 5.91 Å². The molecule has 1 aliphatic heterocycles. The summed E-state index contributed by atoms with van der Waals surface area (Å²) in [7, 11) is 0. The lowest BCUT2D eigenvalue weighted by molar-refractivity contribution is -0.122. The van der Waals surface area contributed by atoms with Crippen LogP contribution in [0.4, 0.5) is 0 Å². The predicted octanol–water partition coefficient (Wildman–Crippen LogP) is 1.44. The van der Waals surface area contributed by atoms with Gasteiger partial charge in [-0.25, -0.2) is 0 Å². The van der Waals surface area contributed by atoms with E-state index in [1.807, 2.05) is 0 Å². The molecule has 4 heteroatoms. The maximum absolute atomic E-state index is 11.7. The quantitative estimate of drug-likeness (QED) is 0.677. The first-order valence-corrected chi connectivity index (χ1v) is 6.83. The maximum atomic E-state index is 11.7. The van der Waals surface area contributed by atoms with E-state index in [-0.39, 0.29) is 11.9 Å². The van der Waals surface area contributed by atoms with Crippen LogP contribution in [0.15, 0.2) is 0 Å². The number of nitrogens with two attached hydrogens (primary N) is 1. The van der Waals surface area contributed by atoms with Crippen LogP contribution in [0.5, 0.6) is 0 Å². The Morgan fingerprint density at radius 2 is 2.29 bits per heavy atom. The van der Waals surface area contributed by atoms with Gasteiger partial charge in [0.25, 0.3) is 0 Å². The third kappa shape index (κ3) is 6.03. The van der Waals surface area contributed by atoms with Crippen molar-refractivity contribution in [3.05, 3.63) is 0 Å². The molecule has 1 saturated heterocycles. The molecule has 0 radical (unpaired) electrons. The van der Waals surface area contributed by atoms with Crippen LogP contribution in [0.3, 0.4) is 0 Å². The summed E-state index contributed by atoms with van der Waals surface area (Å²) in [5, 5.41) is 3.02. The Hall–Kier alpha value is -0.610. The van der Waals surface area contributed by atoms with Crippen LogP contribution in [0.25, 0.3) is 0 Å². The second kappa shape index (κ2) is 8.48. The Kier molecular flexibility index (Phi) is 7.21. The zero-order chi connectivity index (χ0) is 12.5. The summed E-state index contributed by atoms with van der Waals surface area (Å²) in [6.45, 7) is 4.35. The zero-order valence-corrected chi connectivity index (χ0v) is 10.9. The minimum atomic E-state index is 0.165. The molecule has 17 heavy (non-hydrogen) atoms. The number of hydrogen-bond donors (Lipinski definition) is 2. The Balaban J connectivity index is 2.15. The van der Waals surface area contributed by atoms with Gasteiger partial charge in [-0.1, -0.05) is 19.8 Å². The van der Waals surface area contributed by atoms with Crippen LogP contribution in [-0.4, -0.2) is 31.7 Å². The highest BCUT2D eigenvalue weighted by molar-refractivity contribution is 5.76. The van der Waals surface area contributed by atoms with Gasteiger partial charge in [0.1, 0.15) is 0 Å². The largest absolute Gasteiger partial charge is 0.379 e. The second-order valence-electron chi connectivity index (χ2n) is 4.90. The fourth-order valence-corrected chi connectivity index (χ4v) is 2.36. The lowest BCUT2D eigenvalue weighted by Crippen LogP contribution is -2.35. The first kappa shape index (κ1) is 14.5. The number of nitrogens with one attached hydrogen (secondary N) is 1. The van der Waals surface area contributed by atoms with Gasteiger partial charge in [-0.3, -0.25) is 4.79 Å². The summed E-state index contributed by atoms with van der Waals surface area (Å²) in [5.74, 6) is 0.772. The lowest BCUT2D eigenvalue weighted by atomic mass is 9.94. The highest BCUT2D eigenvalue weighted by Crippen LogP contribution is 2.17. The van der Waals surface area contributed by atoms with Gasteiger partial charge in [0.05, 0.1) is 12.6 Å². The molecule has 0 aromatic heterocycles. The number of carbonyl (C=O) groups excluding carboxylic acids is 1. The smallest absolute Gasteiger partial charge is 0.220 e. The van der Waals surface area contributed by atoms with Crippen molar-refractivity contribution in [2.75, 3.05) is 19.8 Å². The number of amides is 1. The maximum Gasteiger partial charge on any atom is 0.220 e. The molecule has 2 atom stereocenters. The number of hydrogen-bond acceptors (Lipinski definition) is 3.